The van der Waals surface area contributed by atoms with Crippen LogP contribution in [0.5, 0.6) is 0 Å². The lowest BCUT2D eigenvalue weighted by atomic mass is 9.80. The van der Waals surface area contributed by atoms with Gasteiger partial charge in [-0.1, -0.05) is 29.5 Å². The summed E-state index contributed by atoms with van der Waals surface area (Å²) in [5.41, 5.74) is 0. The van der Waals surface area contributed by atoms with E-state index in [9.17, 15) is 0 Å². The van der Waals surface area contributed by atoms with Gasteiger partial charge in [0.05, 0.1) is 6.10 Å². The number of halogens is 1. The largest absolute Gasteiger partial charge is 0.379 e. The highest BCUT2D eigenvalue weighted by atomic mass is 127. The zero-order valence-corrected chi connectivity index (χ0v) is 10.9. The normalized spacial score (nSPS) is 31.6. The van der Waals surface area contributed by atoms with Crippen molar-refractivity contribution in [2.45, 2.75) is 45.6 Å². The van der Waals surface area contributed by atoms with Crippen molar-refractivity contribution >= 4 is 22.6 Å². The second-order valence-electron chi connectivity index (χ2n) is 4.12. The maximum Gasteiger partial charge on any atom is 0.0575 e. The molecular weight excluding hydrogens is 275 g/mol. The van der Waals surface area contributed by atoms with Crippen LogP contribution in [0.15, 0.2) is 0 Å². The first-order chi connectivity index (χ1) is 6.27. The molecule has 1 fully saturated rings. The molecule has 0 aromatic carbocycles. The molecule has 78 valence electrons. The maximum absolute atomic E-state index is 5.64. The van der Waals surface area contributed by atoms with E-state index in [2.05, 4.69) is 36.4 Å². The van der Waals surface area contributed by atoms with Crippen molar-refractivity contribution in [1.29, 1.82) is 0 Å². The first-order valence-electron chi connectivity index (χ1n) is 5.45. The molecule has 1 unspecified atom stereocenters. The lowest BCUT2D eigenvalue weighted by molar-refractivity contribution is 0.0207. The van der Waals surface area contributed by atoms with Crippen LogP contribution in [-0.2, 0) is 4.74 Å². The fraction of sp³-hybridized carbons (Fsp3) is 1.00. The molecule has 2 heteroatoms. The van der Waals surface area contributed by atoms with Crippen molar-refractivity contribution in [1.82, 2.24) is 0 Å². The van der Waals surface area contributed by atoms with E-state index in [0.717, 1.165) is 18.4 Å². The van der Waals surface area contributed by atoms with Gasteiger partial charge in [-0.05, 0) is 44.4 Å². The van der Waals surface area contributed by atoms with E-state index in [1.54, 1.807) is 0 Å². The molecule has 0 heterocycles. The van der Waals surface area contributed by atoms with Crippen molar-refractivity contribution in [3.8, 4) is 0 Å². The molecular formula is C11H21IO. The fourth-order valence-electron chi connectivity index (χ4n) is 2.19. The van der Waals surface area contributed by atoms with Gasteiger partial charge < -0.3 is 4.74 Å². The zero-order chi connectivity index (χ0) is 9.68. The van der Waals surface area contributed by atoms with Crippen LogP contribution < -0.4 is 0 Å². The summed E-state index contributed by atoms with van der Waals surface area (Å²) in [7, 11) is 0. The number of hydrogen-bond acceptors (Lipinski definition) is 1. The van der Waals surface area contributed by atoms with Crippen molar-refractivity contribution < 1.29 is 4.74 Å². The Hall–Kier alpha value is 0.690. The van der Waals surface area contributed by atoms with Crippen LogP contribution in [0.1, 0.15) is 39.5 Å². The molecule has 13 heavy (non-hydrogen) atoms. The monoisotopic (exact) mass is 296 g/mol. The van der Waals surface area contributed by atoms with Crippen LogP contribution in [0.4, 0.5) is 0 Å². The van der Waals surface area contributed by atoms with Crippen LogP contribution in [0, 0.1) is 11.8 Å². The molecule has 1 aliphatic carbocycles. The van der Waals surface area contributed by atoms with Gasteiger partial charge in [-0.2, -0.15) is 0 Å². The van der Waals surface area contributed by atoms with Gasteiger partial charge in [0.25, 0.3) is 0 Å². The zero-order valence-electron chi connectivity index (χ0n) is 8.76. The standard InChI is InChI=1S/C11H21IO/c1-3-13-11-6-4-10(5-7-11)9(2)8-12/h9-11H,3-8H2,1-2H3. The van der Waals surface area contributed by atoms with E-state index < -0.39 is 0 Å². The highest BCUT2D eigenvalue weighted by Gasteiger charge is 2.24. The predicted molar refractivity (Wildman–Crippen MR) is 65.4 cm³/mol. The van der Waals surface area contributed by atoms with Gasteiger partial charge in [0.2, 0.25) is 0 Å². The highest BCUT2D eigenvalue weighted by Crippen LogP contribution is 2.32. The Morgan fingerprint density at radius 3 is 2.38 bits per heavy atom. The van der Waals surface area contributed by atoms with Gasteiger partial charge in [-0.15, -0.1) is 0 Å². The van der Waals surface area contributed by atoms with E-state index in [0.29, 0.717) is 6.10 Å². The van der Waals surface area contributed by atoms with Gasteiger partial charge in [0.1, 0.15) is 0 Å². The molecule has 1 nitrogen and oxygen atoms in total. The Balaban J connectivity index is 2.22. The maximum atomic E-state index is 5.64. The number of rotatable bonds is 4. The molecule has 0 aromatic heterocycles. The van der Waals surface area contributed by atoms with Crippen molar-refractivity contribution in [3.05, 3.63) is 0 Å². The topological polar surface area (TPSA) is 9.23 Å². The quantitative estimate of drug-likeness (QED) is 0.568. The highest BCUT2D eigenvalue weighted by molar-refractivity contribution is 14.1. The van der Waals surface area contributed by atoms with Crippen LogP contribution >= 0.6 is 22.6 Å². The van der Waals surface area contributed by atoms with Crippen molar-refractivity contribution in [2.75, 3.05) is 11.0 Å². The molecule has 0 bridgehead atoms. The molecule has 0 amide bonds. The molecule has 1 rings (SSSR count). The molecule has 0 aromatic rings. The van der Waals surface area contributed by atoms with Crippen molar-refractivity contribution in [3.63, 3.8) is 0 Å². The van der Waals surface area contributed by atoms with E-state index in [4.69, 9.17) is 4.74 Å². The Morgan fingerprint density at radius 1 is 1.31 bits per heavy atom. The van der Waals surface area contributed by atoms with E-state index in [1.807, 2.05) is 0 Å². The number of hydrogen-bond donors (Lipinski definition) is 0. The first kappa shape index (κ1) is 11.8. The summed E-state index contributed by atoms with van der Waals surface area (Å²) >= 11 is 2.51. The van der Waals surface area contributed by atoms with E-state index >= 15 is 0 Å². The van der Waals surface area contributed by atoms with Gasteiger partial charge in [0, 0.05) is 11.0 Å². The molecule has 0 saturated heterocycles. The molecule has 0 N–H and O–H groups in total. The summed E-state index contributed by atoms with van der Waals surface area (Å²) in [5.74, 6) is 1.87. The second kappa shape index (κ2) is 6.23. The predicted octanol–water partition coefficient (Wildman–Crippen LogP) is 3.65. The third-order valence-corrected chi connectivity index (χ3v) is 4.56. The van der Waals surface area contributed by atoms with Gasteiger partial charge in [0.15, 0.2) is 0 Å². The minimum absolute atomic E-state index is 0.572. The molecule has 0 radical (unpaired) electrons. The molecule has 1 saturated carbocycles. The van der Waals surface area contributed by atoms with Gasteiger partial charge in [-0.25, -0.2) is 0 Å². The smallest absolute Gasteiger partial charge is 0.0575 e. The van der Waals surface area contributed by atoms with E-state index in [1.165, 1.54) is 30.1 Å². The summed E-state index contributed by atoms with van der Waals surface area (Å²) in [6.07, 6.45) is 5.92. The fourth-order valence-corrected chi connectivity index (χ4v) is 2.91. The average molecular weight is 296 g/mol. The molecule has 1 atom stereocenters. The third-order valence-electron chi connectivity index (χ3n) is 3.17. The minimum atomic E-state index is 0.572. The van der Waals surface area contributed by atoms with Crippen LogP contribution in [0.2, 0.25) is 0 Å². The van der Waals surface area contributed by atoms with Crippen LogP contribution in [0.3, 0.4) is 0 Å². The summed E-state index contributed by atoms with van der Waals surface area (Å²) in [6.45, 7) is 5.37. The number of ether oxygens (including phenoxy) is 1. The Kier molecular flexibility index (Phi) is 5.63. The van der Waals surface area contributed by atoms with Crippen LogP contribution in [-0.4, -0.2) is 17.1 Å². The Morgan fingerprint density at radius 2 is 1.92 bits per heavy atom. The summed E-state index contributed by atoms with van der Waals surface area (Å²) in [4.78, 5) is 0. The molecule has 0 aliphatic heterocycles. The summed E-state index contributed by atoms with van der Waals surface area (Å²) < 4.78 is 6.95. The number of alkyl halides is 1. The summed E-state index contributed by atoms with van der Waals surface area (Å²) in [5, 5.41) is 0. The Bertz CT molecular complexity index is 130. The first-order valence-corrected chi connectivity index (χ1v) is 6.98. The minimum Gasteiger partial charge on any atom is -0.379 e. The third kappa shape index (κ3) is 3.74. The van der Waals surface area contributed by atoms with Gasteiger partial charge in [-0.3, -0.25) is 0 Å². The second-order valence-corrected chi connectivity index (χ2v) is 5.00. The SMILES string of the molecule is CCOC1CCC(C(C)CI)CC1. The van der Waals surface area contributed by atoms with E-state index in [-0.39, 0.29) is 0 Å². The molecule has 1 aliphatic rings. The van der Waals surface area contributed by atoms with Gasteiger partial charge >= 0.3 is 0 Å². The summed E-state index contributed by atoms with van der Waals surface area (Å²) in [6, 6.07) is 0. The Labute approximate surface area is 95.8 Å². The van der Waals surface area contributed by atoms with Crippen molar-refractivity contribution in [2.24, 2.45) is 11.8 Å². The van der Waals surface area contributed by atoms with Crippen LogP contribution in [0.25, 0.3) is 0 Å². The lowest BCUT2D eigenvalue weighted by Gasteiger charge is -2.31. The lowest BCUT2D eigenvalue weighted by Crippen LogP contribution is -2.25. The molecule has 0 spiro atoms. The average Bonchev–Trinajstić information content (AvgIpc) is 2.18.